The molecule has 100 valence electrons. The second kappa shape index (κ2) is 8.03. The van der Waals surface area contributed by atoms with Gasteiger partial charge in [0.15, 0.2) is 0 Å². The van der Waals surface area contributed by atoms with Crippen molar-refractivity contribution in [2.75, 3.05) is 20.3 Å². The van der Waals surface area contributed by atoms with Crippen LogP contribution in [0.3, 0.4) is 0 Å². The van der Waals surface area contributed by atoms with E-state index >= 15 is 0 Å². The van der Waals surface area contributed by atoms with Crippen molar-refractivity contribution >= 4 is 11.8 Å². The van der Waals surface area contributed by atoms with Crippen molar-refractivity contribution in [2.45, 2.75) is 32.9 Å². The Kier molecular flexibility index (Phi) is 7.49. The fourth-order valence-electron chi connectivity index (χ4n) is 1.11. The molecular formula is C11H23N3O3. The highest BCUT2D eigenvalue weighted by molar-refractivity contribution is 5.89. The number of nitrogens with two attached hydrogens (primary N) is 1. The highest BCUT2D eigenvalue weighted by atomic mass is 16.5. The zero-order valence-corrected chi connectivity index (χ0v) is 10.9. The van der Waals surface area contributed by atoms with Crippen molar-refractivity contribution in [3.63, 3.8) is 0 Å². The average molecular weight is 245 g/mol. The minimum atomic E-state index is -0.593. The molecular weight excluding hydrogens is 222 g/mol. The average Bonchev–Trinajstić information content (AvgIpc) is 2.27. The summed E-state index contributed by atoms with van der Waals surface area (Å²) in [4.78, 5) is 23.1. The summed E-state index contributed by atoms with van der Waals surface area (Å²) >= 11 is 0. The molecule has 0 aromatic rings. The van der Waals surface area contributed by atoms with Gasteiger partial charge in [-0.2, -0.15) is 0 Å². The predicted molar refractivity (Wildman–Crippen MR) is 65.3 cm³/mol. The maximum Gasteiger partial charge on any atom is 0.242 e. The van der Waals surface area contributed by atoms with Gasteiger partial charge in [-0.15, -0.1) is 0 Å². The summed E-state index contributed by atoms with van der Waals surface area (Å²) in [6.45, 7) is 6.19. The molecule has 0 aliphatic heterocycles. The van der Waals surface area contributed by atoms with E-state index in [1.54, 1.807) is 14.0 Å². The normalized spacial score (nSPS) is 14.2. The van der Waals surface area contributed by atoms with Crippen LogP contribution in [-0.2, 0) is 14.3 Å². The van der Waals surface area contributed by atoms with Crippen molar-refractivity contribution < 1.29 is 14.3 Å². The van der Waals surface area contributed by atoms with Crippen LogP contribution in [0.1, 0.15) is 20.8 Å². The largest absolute Gasteiger partial charge is 0.383 e. The first-order chi connectivity index (χ1) is 7.90. The van der Waals surface area contributed by atoms with E-state index < -0.39 is 12.1 Å². The van der Waals surface area contributed by atoms with Crippen LogP contribution in [0.25, 0.3) is 0 Å². The number of nitrogens with one attached hydrogen (secondary N) is 2. The van der Waals surface area contributed by atoms with Crippen LogP contribution in [-0.4, -0.2) is 44.2 Å². The van der Waals surface area contributed by atoms with Crippen molar-refractivity contribution in [3.8, 4) is 0 Å². The minimum absolute atomic E-state index is 0.0405. The summed E-state index contributed by atoms with van der Waals surface area (Å²) in [6, 6.07) is -1.19. The third-order valence-electron chi connectivity index (χ3n) is 2.38. The first kappa shape index (κ1) is 15.9. The fourth-order valence-corrected chi connectivity index (χ4v) is 1.11. The van der Waals surface area contributed by atoms with Crippen molar-refractivity contribution in [1.29, 1.82) is 0 Å². The van der Waals surface area contributed by atoms with Gasteiger partial charge in [-0.1, -0.05) is 13.8 Å². The van der Waals surface area contributed by atoms with Crippen LogP contribution in [0, 0.1) is 5.92 Å². The van der Waals surface area contributed by atoms with E-state index in [1.165, 1.54) is 0 Å². The molecule has 0 aliphatic rings. The molecule has 0 spiro atoms. The summed E-state index contributed by atoms with van der Waals surface area (Å²) in [5.74, 6) is -0.514. The number of carbonyl (C=O) groups excluding carboxylic acids is 2. The van der Waals surface area contributed by atoms with Gasteiger partial charge in [0, 0.05) is 13.7 Å². The molecule has 0 heterocycles. The van der Waals surface area contributed by atoms with Gasteiger partial charge in [0.25, 0.3) is 0 Å². The molecule has 2 atom stereocenters. The highest BCUT2D eigenvalue weighted by Crippen LogP contribution is 1.98. The van der Waals surface area contributed by atoms with Gasteiger partial charge in [-0.25, -0.2) is 0 Å². The molecule has 6 heteroatoms. The molecule has 6 nitrogen and oxygen atoms in total. The minimum Gasteiger partial charge on any atom is -0.383 e. The molecule has 1 unspecified atom stereocenters. The molecule has 0 aromatic heterocycles. The maximum absolute atomic E-state index is 11.6. The SMILES string of the molecule is COCCNC(=O)C(C)NC(=O)[C@@H](N)C(C)C. The standard InChI is InChI=1S/C11H23N3O3/c1-7(2)9(12)11(16)14-8(3)10(15)13-5-6-17-4/h7-9H,5-6,12H2,1-4H3,(H,13,15)(H,14,16)/t8?,9-/m0/s1. The number of rotatable bonds is 7. The highest BCUT2D eigenvalue weighted by Gasteiger charge is 2.21. The lowest BCUT2D eigenvalue weighted by Crippen LogP contribution is -2.52. The maximum atomic E-state index is 11.6. The van der Waals surface area contributed by atoms with E-state index in [4.69, 9.17) is 10.5 Å². The van der Waals surface area contributed by atoms with Gasteiger partial charge in [-0.05, 0) is 12.8 Å². The fraction of sp³-hybridized carbons (Fsp3) is 0.818. The van der Waals surface area contributed by atoms with Gasteiger partial charge in [0.1, 0.15) is 6.04 Å². The van der Waals surface area contributed by atoms with Gasteiger partial charge < -0.3 is 21.1 Å². The second-order valence-electron chi connectivity index (χ2n) is 4.28. The summed E-state index contributed by atoms with van der Waals surface area (Å²) < 4.78 is 4.80. The Balaban J connectivity index is 4.03. The lowest BCUT2D eigenvalue weighted by Gasteiger charge is -2.19. The van der Waals surface area contributed by atoms with Crippen LogP contribution >= 0.6 is 0 Å². The molecule has 4 N–H and O–H groups in total. The molecule has 0 aliphatic carbocycles. The van der Waals surface area contributed by atoms with Crippen molar-refractivity contribution in [2.24, 2.45) is 11.7 Å². The Labute approximate surface area is 102 Å². The van der Waals surface area contributed by atoms with Crippen molar-refractivity contribution in [3.05, 3.63) is 0 Å². The van der Waals surface area contributed by atoms with E-state index in [0.29, 0.717) is 13.2 Å². The summed E-state index contributed by atoms with van der Waals surface area (Å²) in [7, 11) is 1.55. The van der Waals surface area contributed by atoms with Gasteiger partial charge in [0.2, 0.25) is 11.8 Å². The summed E-state index contributed by atoms with van der Waals surface area (Å²) in [5.41, 5.74) is 5.67. The number of hydrogen-bond acceptors (Lipinski definition) is 4. The number of hydrogen-bond donors (Lipinski definition) is 3. The van der Waals surface area contributed by atoms with Crippen LogP contribution in [0.15, 0.2) is 0 Å². The lowest BCUT2D eigenvalue weighted by atomic mass is 10.0. The molecule has 0 saturated heterocycles. The number of ether oxygens (including phenoxy) is 1. The smallest absolute Gasteiger partial charge is 0.242 e. The molecule has 0 aromatic carbocycles. The van der Waals surface area contributed by atoms with Crippen LogP contribution in [0.5, 0.6) is 0 Å². The third kappa shape index (κ3) is 6.23. The van der Waals surface area contributed by atoms with Crippen LogP contribution in [0.4, 0.5) is 0 Å². The summed E-state index contributed by atoms with van der Waals surface area (Å²) in [6.07, 6.45) is 0. The molecule has 0 rings (SSSR count). The van der Waals surface area contributed by atoms with E-state index in [0.717, 1.165) is 0 Å². The zero-order valence-electron chi connectivity index (χ0n) is 10.9. The molecule has 0 saturated carbocycles. The molecule has 2 amide bonds. The Morgan fingerprint density at radius 1 is 1.24 bits per heavy atom. The van der Waals surface area contributed by atoms with Crippen molar-refractivity contribution in [1.82, 2.24) is 10.6 Å². The molecule has 0 bridgehead atoms. The first-order valence-corrected chi connectivity index (χ1v) is 5.72. The van der Waals surface area contributed by atoms with E-state index in [9.17, 15) is 9.59 Å². The lowest BCUT2D eigenvalue weighted by molar-refractivity contribution is -0.129. The Hall–Kier alpha value is -1.14. The van der Waals surface area contributed by atoms with Crippen LogP contribution < -0.4 is 16.4 Å². The molecule has 0 radical (unpaired) electrons. The number of carbonyl (C=O) groups is 2. The quantitative estimate of drug-likeness (QED) is 0.514. The Morgan fingerprint density at radius 2 is 1.82 bits per heavy atom. The molecule has 17 heavy (non-hydrogen) atoms. The van der Waals surface area contributed by atoms with Crippen LogP contribution in [0.2, 0.25) is 0 Å². The topological polar surface area (TPSA) is 93.5 Å². The molecule has 0 fully saturated rings. The van der Waals surface area contributed by atoms with Gasteiger partial charge in [-0.3, -0.25) is 9.59 Å². The number of methoxy groups -OCH3 is 1. The Morgan fingerprint density at radius 3 is 2.29 bits per heavy atom. The Bertz CT molecular complexity index is 256. The van der Waals surface area contributed by atoms with Gasteiger partial charge in [0.05, 0.1) is 12.6 Å². The van der Waals surface area contributed by atoms with E-state index in [-0.39, 0.29) is 17.7 Å². The second-order valence-corrected chi connectivity index (χ2v) is 4.28. The zero-order chi connectivity index (χ0) is 13.4. The van der Waals surface area contributed by atoms with Gasteiger partial charge >= 0.3 is 0 Å². The van der Waals surface area contributed by atoms with E-state index in [1.807, 2.05) is 13.8 Å². The summed E-state index contributed by atoms with van der Waals surface area (Å²) in [5, 5.41) is 5.21. The first-order valence-electron chi connectivity index (χ1n) is 5.72. The van der Waals surface area contributed by atoms with E-state index in [2.05, 4.69) is 10.6 Å². The predicted octanol–water partition coefficient (Wildman–Crippen LogP) is -0.763. The monoisotopic (exact) mass is 245 g/mol. The third-order valence-corrected chi connectivity index (χ3v) is 2.38. The number of amides is 2.